The van der Waals surface area contributed by atoms with Crippen LogP contribution in [-0.4, -0.2) is 79.7 Å². The summed E-state index contributed by atoms with van der Waals surface area (Å²) in [5.41, 5.74) is 0. The van der Waals surface area contributed by atoms with Crippen LogP contribution in [0.2, 0.25) is 0 Å². The van der Waals surface area contributed by atoms with Gasteiger partial charge in [0, 0.05) is 12.8 Å². The van der Waals surface area contributed by atoms with Crippen molar-refractivity contribution in [3.05, 3.63) is 0 Å². The van der Waals surface area contributed by atoms with Gasteiger partial charge < -0.3 is 24.2 Å². The third kappa shape index (κ3) is 11.1. The van der Waals surface area contributed by atoms with Crippen molar-refractivity contribution in [3.8, 4) is 0 Å². The molecule has 23 heavy (non-hydrogen) atoms. The van der Waals surface area contributed by atoms with E-state index in [1.54, 1.807) is 0 Å². The molecule has 7 heteroatoms. The van der Waals surface area contributed by atoms with Gasteiger partial charge in [0.05, 0.1) is 34.4 Å². The second-order valence-electron chi connectivity index (χ2n) is 6.63. The normalized spacial score (nSPS) is 14.3. The number of quaternary nitrogens is 1. The molecular weight excluding hydrogens is 302 g/mol. The zero-order valence-corrected chi connectivity index (χ0v) is 14.8. The van der Waals surface area contributed by atoms with E-state index < -0.39 is 18.1 Å². The van der Waals surface area contributed by atoms with Gasteiger partial charge in [-0.15, -0.1) is 0 Å². The van der Waals surface area contributed by atoms with Crippen molar-refractivity contribution >= 4 is 11.9 Å². The van der Waals surface area contributed by atoms with Crippen LogP contribution in [0.25, 0.3) is 0 Å². The molecule has 0 fully saturated rings. The number of carbonyl (C=O) groups is 2. The number of carboxylic acid groups (broad SMARTS) is 1. The molecule has 0 bridgehead atoms. The number of ether oxygens (including phenoxy) is 2. The lowest BCUT2D eigenvalue weighted by Crippen LogP contribution is -2.50. The molecule has 136 valence electrons. The standard InChI is InChI=1S/C16H31NO6/c1-5-6-7-8-15(19)23-12-13(18)11-22-10-9-14(16(20)21)17(2,3)4/h13-14,18H,5-12H2,1-4H3/p+1. The molecule has 2 N–H and O–H groups in total. The van der Waals surface area contributed by atoms with Gasteiger partial charge in [-0.2, -0.15) is 0 Å². The number of hydrogen-bond acceptors (Lipinski definition) is 5. The van der Waals surface area contributed by atoms with Crippen LogP contribution < -0.4 is 0 Å². The highest BCUT2D eigenvalue weighted by Gasteiger charge is 2.30. The Kier molecular flexibility index (Phi) is 10.8. The minimum Gasteiger partial charge on any atom is -0.477 e. The predicted molar refractivity (Wildman–Crippen MR) is 86.0 cm³/mol. The SMILES string of the molecule is CCCCCC(=O)OCC(O)COCCC(C(=O)O)[N+](C)(C)C. The average Bonchev–Trinajstić information content (AvgIpc) is 2.43. The van der Waals surface area contributed by atoms with Crippen molar-refractivity contribution in [2.24, 2.45) is 0 Å². The van der Waals surface area contributed by atoms with E-state index in [-0.39, 0.29) is 25.8 Å². The molecule has 0 saturated heterocycles. The Hall–Kier alpha value is -1.18. The van der Waals surface area contributed by atoms with Gasteiger partial charge in [-0.3, -0.25) is 4.79 Å². The Bertz CT molecular complexity index is 353. The van der Waals surface area contributed by atoms with Gasteiger partial charge >= 0.3 is 11.9 Å². The fourth-order valence-corrected chi connectivity index (χ4v) is 2.09. The van der Waals surface area contributed by atoms with Gasteiger partial charge in [-0.25, -0.2) is 4.79 Å². The van der Waals surface area contributed by atoms with Gasteiger partial charge in [0.15, 0.2) is 6.04 Å². The molecule has 0 aliphatic heterocycles. The maximum atomic E-state index is 11.4. The number of aliphatic carboxylic acids is 1. The smallest absolute Gasteiger partial charge is 0.362 e. The number of likely N-dealkylation sites (N-methyl/N-ethyl adjacent to an activating group) is 1. The van der Waals surface area contributed by atoms with E-state index in [1.165, 1.54) is 0 Å². The van der Waals surface area contributed by atoms with Gasteiger partial charge in [0.2, 0.25) is 0 Å². The van der Waals surface area contributed by atoms with E-state index >= 15 is 0 Å². The maximum absolute atomic E-state index is 11.4. The largest absolute Gasteiger partial charge is 0.477 e. The zero-order valence-electron chi connectivity index (χ0n) is 14.8. The topological polar surface area (TPSA) is 93.1 Å². The first-order valence-electron chi connectivity index (χ1n) is 8.13. The minimum atomic E-state index is -0.891. The third-order valence-electron chi connectivity index (χ3n) is 3.49. The third-order valence-corrected chi connectivity index (χ3v) is 3.49. The summed E-state index contributed by atoms with van der Waals surface area (Å²) < 4.78 is 10.5. The Morgan fingerprint density at radius 3 is 2.30 bits per heavy atom. The lowest BCUT2D eigenvalue weighted by Gasteiger charge is -2.31. The Labute approximate surface area is 138 Å². The van der Waals surface area contributed by atoms with Crippen LogP contribution in [0.1, 0.15) is 39.0 Å². The fraction of sp³-hybridized carbons (Fsp3) is 0.875. The molecule has 0 radical (unpaired) electrons. The van der Waals surface area contributed by atoms with Crippen molar-refractivity contribution < 1.29 is 33.8 Å². The summed E-state index contributed by atoms with van der Waals surface area (Å²) in [5.74, 6) is -1.18. The van der Waals surface area contributed by atoms with Crippen LogP contribution in [0.5, 0.6) is 0 Å². The molecule has 7 nitrogen and oxygen atoms in total. The van der Waals surface area contributed by atoms with Crippen molar-refractivity contribution in [3.63, 3.8) is 0 Å². The first-order chi connectivity index (χ1) is 10.7. The van der Waals surface area contributed by atoms with E-state index in [9.17, 15) is 19.8 Å². The number of hydrogen-bond donors (Lipinski definition) is 2. The zero-order chi connectivity index (χ0) is 17.9. The number of esters is 1. The van der Waals surface area contributed by atoms with Crippen molar-refractivity contribution in [2.75, 3.05) is 41.0 Å². The number of nitrogens with zero attached hydrogens (tertiary/aromatic N) is 1. The highest BCUT2D eigenvalue weighted by atomic mass is 16.5. The molecule has 0 aliphatic carbocycles. The average molecular weight is 334 g/mol. The Morgan fingerprint density at radius 2 is 1.78 bits per heavy atom. The van der Waals surface area contributed by atoms with Crippen LogP contribution in [0.15, 0.2) is 0 Å². The molecule has 2 atom stereocenters. The summed E-state index contributed by atoms with van der Waals surface area (Å²) in [6.45, 7) is 2.21. The van der Waals surface area contributed by atoms with Gasteiger partial charge in [-0.1, -0.05) is 19.8 Å². The van der Waals surface area contributed by atoms with Crippen LogP contribution >= 0.6 is 0 Å². The molecule has 0 rings (SSSR count). The molecule has 0 saturated carbocycles. The van der Waals surface area contributed by atoms with E-state index in [4.69, 9.17) is 9.47 Å². The molecule has 0 aromatic rings. The summed E-state index contributed by atoms with van der Waals surface area (Å²) in [5, 5.41) is 18.9. The van der Waals surface area contributed by atoms with Crippen LogP contribution in [-0.2, 0) is 19.1 Å². The van der Waals surface area contributed by atoms with E-state index in [0.717, 1.165) is 19.3 Å². The summed E-state index contributed by atoms with van der Waals surface area (Å²) in [6.07, 6.45) is 2.64. The number of aliphatic hydroxyl groups is 1. The van der Waals surface area contributed by atoms with Gasteiger partial charge in [0.1, 0.15) is 12.7 Å². The van der Waals surface area contributed by atoms with Crippen LogP contribution in [0.3, 0.4) is 0 Å². The van der Waals surface area contributed by atoms with Crippen LogP contribution in [0.4, 0.5) is 0 Å². The maximum Gasteiger partial charge on any atom is 0.362 e. The number of aliphatic hydroxyl groups excluding tert-OH is 1. The molecule has 0 heterocycles. The second-order valence-corrected chi connectivity index (χ2v) is 6.63. The van der Waals surface area contributed by atoms with Gasteiger partial charge in [0.25, 0.3) is 0 Å². The Morgan fingerprint density at radius 1 is 1.13 bits per heavy atom. The number of unbranched alkanes of at least 4 members (excludes halogenated alkanes) is 2. The first-order valence-corrected chi connectivity index (χ1v) is 8.13. The summed E-state index contributed by atoms with van der Waals surface area (Å²) in [7, 11) is 5.43. The molecular formula is C16H32NO6+. The highest BCUT2D eigenvalue weighted by Crippen LogP contribution is 2.08. The molecule has 0 aromatic heterocycles. The summed E-state index contributed by atoms with van der Waals surface area (Å²) in [4.78, 5) is 22.6. The molecule has 0 amide bonds. The molecule has 2 unspecified atom stereocenters. The number of carboxylic acids is 1. The summed E-state index contributed by atoms with van der Waals surface area (Å²) >= 11 is 0. The predicted octanol–water partition coefficient (Wildman–Crippen LogP) is 1.04. The second kappa shape index (κ2) is 11.4. The van der Waals surface area contributed by atoms with E-state index in [0.29, 0.717) is 17.3 Å². The Balaban J connectivity index is 3.83. The van der Waals surface area contributed by atoms with E-state index in [2.05, 4.69) is 6.92 Å². The van der Waals surface area contributed by atoms with Crippen molar-refractivity contribution in [2.45, 2.75) is 51.2 Å². The molecule has 0 aromatic carbocycles. The fourth-order valence-electron chi connectivity index (χ4n) is 2.09. The minimum absolute atomic E-state index is 0.0196. The van der Waals surface area contributed by atoms with Crippen molar-refractivity contribution in [1.29, 1.82) is 0 Å². The van der Waals surface area contributed by atoms with E-state index in [1.807, 2.05) is 21.1 Å². The quantitative estimate of drug-likeness (QED) is 0.297. The summed E-state index contributed by atoms with van der Waals surface area (Å²) in [6, 6.07) is -0.566. The monoisotopic (exact) mass is 334 g/mol. The lowest BCUT2D eigenvalue weighted by molar-refractivity contribution is -0.887. The van der Waals surface area contributed by atoms with Gasteiger partial charge in [-0.05, 0) is 6.42 Å². The molecule has 0 aliphatic rings. The first kappa shape index (κ1) is 21.8. The number of carbonyl (C=O) groups excluding carboxylic acids is 1. The van der Waals surface area contributed by atoms with Crippen LogP contribution in [0, 0.1) is 0 Å². The lowest BCUT2D eigenvalue weighted by atomic mass is 10.1. The number of rotatable bonds is 13. The van der Waals surface area contributed by atoms with Crippen molar-refractivity contribution in [1.82, 2.24) is 0 Å². The highest BCUT2D eigenvalue weighted by molar-refractivity contribution is 5.72. The molecule has 0 spiro atoms.